The van der Waals surface area contributed by atoms with Gasteiger partial charge in [-0.2, -0.15) is 0 Å². The predicted molar refractivity (Wildman–Crippen MR) is 83.1 cm³/mol. The van der Waals surface area contributed by atoms with Crippen LogP contribution in [0.5, 0.6) is 0 Å². The zero-order chi connectivity index (χ0) is 13.8. The molecule has 1 aromatic heterocycles. The van der Waals surface area contributed by atoms with Crippen LogP contribution in [0, 0.1) is 0 Å². The summed E-state index contributed by atoms with van der Waals surface area (Å²) in [7, 11) is 1.82. The maximum atomic E-state index is 12.1. The third kappa shape index (κ3) is 4.08. The van der Waals surface area contributed by atoms with Gasteiger partial charge < -0.3 is 10.6 Å². The van der Waals surface area contributed by atoms with Gasteiger partial charge in [0.15, 0.2) is 0 Å². The van der Waals surface area contributed by atoms with Crippen LogP contribution in [0.1, 0.15) is 11.1 Å². The molecule has 0 fully saturated rings. The second kappa shape index (κ2) is 6.21. The van der Waals surface area contributed by atoms with E-state index in [1.807, 2.05) is 37.4 Å². The summed E-state index contributed by atoms with van der Waals surface area (Å²) in [6.07, 6.45) is 0.405. The van der Waals surface area contributed by atoms with Crippen LogP contribution in [0.15, 0.2) is 39.5 Å². The van der Waals surface area contributed by atoms with Crippen molar-refractivity contribution < 1.29 is 4.79 Å². The number of carbonyl (C=O) groups is 1. The molecule has 0 aliphatic carbocycles. The molecule has 3 nitrogen and oxygen atoms in total. The second-order valence-corrected chi connectivity index (χ2v) is 6.72. The Morgan fingerprint density at radius 3 is 2.58 bits per heavy atom. The molecule has 1 heterocycles. The maximum Gasteiger partial charge on any atom is 0.227 e. The Kier molecular flexibility index (Phi) is 4.61. The highest BCUT2D eigenvalue weighted by Crippen LogP contribution is 2.21. The predicted octanol–water partition coefficient (Wildman–Crippen LogP) is 3.29. The van der Waals surface area contributed by atoms with Gasteiger partial charge in [-0.1, -0.05) is 12.1 Å². The quantitative estimate of drug-likeness (QED) is 0.869. The van der Waals surface area contributed by atoms with Gasteiger partial charge in [0.2, 0.25) is 5.91 Å². The lowest BCUT2D eigenvalue weighted by Gasteiger charge is -2.16. The molecule has 2 rings (SSSR count). The summed E-state index contributed by atoms with van der Waals surface area (Å²) in [4.78, 5) is 13.8. The topological polar surface area (TPSA) is 46.3 Å². The Morgan fingerprint density at radius 2 is 2.00 bits per heavy atom. The highest BCUT2D eigenvalue weighted by Gasteiger charge is 2.11. The van der Waals surface area contributed by atoms with E-state index in [2.05, 4.69) is 21.3 Å². The summed E-state index contributed by atoms with van der Waals surface area (Å²) in [6, 6.07) is 9.46. The molecular formula is C14H15BrN2OS. The van der Waals surface area contributed by atoms with E-state index in [1.165, 1.54) is 0 Å². The van der Waals surface area contributed by atoms with Gasteiger partial charge in [0, 0.05) is 19.3 Å². The van der Waals surface area contributed by atoms with Crippen molar-refractivity contribution in [2.45, 2.75) is 13.0 Å². The minimum absolute atomic E-state index is 0.104. The Balaban J connectivity index is 1.94. The van der Waals surface area contributed by atoms with Crippen molar-refractivity contribution in [3.63, 3.8) is 0 Å². The molecule has 0 atom stereocenters. The fourth-order valence-electron chi connectivity index (χ4n) is 1.74. The van der Waals surface area contributed by atoms with Gasteiger partial charge in [0.05, 0.1) is 10.2 Å². The standard InChI is InChI=1S/C14H15BrN2OS/c1-17(8-11-6-13(15)19-9-11)14(18)7-10-2-4-12(16)5-3-10/h2-6,9H,7-8,16H2,1H3. The zero-order valence-electron chi connectivity index (χ0n) is 10.6. The highest BCUT2D eigenvalue weighted by atomic mass is 79.9. The highest BCUT2D eigenvalue weighted by molar-refractivity contribution is 9.11. The van der Waals surface area contributed by atoms with Crippen molar-refractivity contribution in [1.29, 1.82) is 0 Å². The number of halogens is 1. The molecule has 0 aliphatic heterocycles. The van der Waals surface area contributed by atoms with E-state index in [0.717, 1.165) is 14.9 Å². The van der Waals surface area contributed by atoms with Gasteiger partial charge in [-0.3, -0.25) is 4.79 Å². The number of nitrogens with two attached hydrogens (primary N) is 1. The molecule has 0 unspecified atom stereocenters. The van der Waals surface area contributed by atoms with E-state index in [0.29, 0.717) is 18.7 Å². The molecule has 0 aliphatic rings. The first-order valence-electron chi connectivity index (χ1n) is 5.86. The van der Waals surface area contributed by atoms with Gasteiger partial charge in [-0.25, -0.2) is 0 Å². The van der Waals surface area contributed by atoms with Crippen molar-refractivity contribution >= 4 is 38.9 Å². The SMILES string of the molecule is CN(Cc1csc(Br)c1)C(=O)Cc1ccc(N)cc1. The fourth-order valence-corrected chi connectivity index (χ4v) is 2.94. The maximum absolute atomic E-state index is 12.1. The molecule has 5 heteroatoms. The molecule has 1 amide bonds. The number of carbonyl (C=O) groups excluding carboxylic acids is 1. The lowest BCUT2D eigenvalue weighted by atomic mass is 10.1. The molecule has 19 heavy (non-hydrogen) atoms. The summed E-state index contributed by atoms with van der Waals surface area (Å²) >= 11 is 5.05. The smallest absolute Gasteiger partial charge is 0.227 e. The van der Waals surface area contributed by atoms with Gasteiger partial charge in [0.1, 0.15) is 0 Å². The van der Waals surface area contributed by atoms with Crippen LogP contribution in [-0.2, 0) is 17.8 Å². The molecular weight excluding hydrogens is 324 g/mol. The average molecular weight is 339 g/mol. The van der Waals surface area contributed by atoms with Crippen molar-refractivity contribution in [3.8, 4) is 0 Å². The van der Waals surface area contributed by atoms with E-state index in [1.54, 1.807) is 16.2 Å². The number of hydrogen-bond acceptors (Lipinski definition) is 3. The molecule has 0 bridgehead atoms. The third-order valence-corrected chi connectivity index (χ3v) is 4.36. The number of rotatable bonds is 4. The first kappa shape index (κ1) is 14.1. The van der Waals surface area contributed by atoms with Crippen LogP contribution in [0.25, 0.3) is 0 Å². The molecule has 0 saturated heterocycles. The molecule has 2 N–H and O–H groups in total. The number of anilines is 1. The lowest BCUT2D eigenvalue weighted by Crippen LogP contribution is -2.27. The summed E-state index contributed by atoms with van der Waals surface area (Å²) in [5.41, 5.74) is 8.47. The fraction of sp³-hybridized carbons (Fsp3) is 0.214. The summed E-state index contributed by atoms with van der Waals surface area (Å²) in [5.74, 6) is 0.104. The van der Waals surface area contributed by atoms with E-state index in [9.17, 15) is 4.79 Å². The first-order chi connectivity index (χ1) is 9.04. The molecule has 2 aromatic rings. The summed E-state index contributed by atoms with van der Waals surface area (Å²) in [6.45, 7) is 0.635. The zero-order valence-corrected chi connectivity index (χ0v) is 13.0. The Morgan fingerprint density at radius 1 is 1.32 bits per heavy atom. The van der Waals surface area contributed by atoms with Crippen LogP contribution in [0.4, 0.5) is 5.69 Å². The Labute approximate surface area is 125 Å². The van der Waals surface area contributed by atoms with Crippen LogP contribution in [0.3, 0.4) is 0 Å². The van der Waals surface area contributed by atoms with Gasteiger partial charge in [-0.15, -0.1) is 11.3 Å². The number of likely N-dealkylation sites (N-methyl/N-ethyl adjacent to an activating group) is 1. The number of nitrogen functional groups attached to an aromatic ring is 1. The van der Waals surface area contributed by atoms with Crippen LogP contribution in [-0.4, -0.2) is 17.9 Å². The van der Waals surface area contributed by atoms with E-state index in [-0.39, 0.29) is 5.91 Å². The Bertz CT molecular complexity index is 565. The van der Waals surface area contributed by atoms with E-state index >= 15 is 0 Å². The van der Waals surface area contributed by atoms with Crippen molar-refractivity contribution in [2.75, 3.05) is 12.8 Å². The molecule has 1 aromatic carbocycles. The average Bonchev–Trinajstić information content (AvgIpc) is 2.77. The largest absolute Gasteiger partial charge is 0.399 e. The van der Waals surface area contributed by atoms with Gasteiger partial charge in [-0.05, 0) is 50.6 Å². The number of nitrogens with zero attached hydrogens (tertiary/aromatic N) is 1. The van der Waals surface area contributed by atoms with E-state index < -0.39 is 0 Å². The van der Waals surface area contributed by atoms with Crippen LogP contribution < -0.4 is 5.73 Å². The second-order valence-electron chi connectivity index (χ2n) is 4.43. The molecule has 0 saturated carbocycles. The number of benzene rings is 1. The summed E-state index contributed by atoms with van der Waals surface area (Å²) < 4.78 is 1.09. The van der Waals surface area contributed by atoms with E-state index in [4.69, 9.17) is 5.73 Å². The summed E-state index contributed by atoms with van der Waals surface area (Å²) in [5, 5.41) is 2.05. The molecule has 100 valence electrons. The number of amides is 1. The monoisotopic (exact) mass is 338 g/mol. The van der Waals surface area contributed by atoms with Crippen LogP contribution in [0.2, 0.25) is 0 Å². The van der Waals surface area contributed by atoms with Crippen molar-refractivity contribution in [1.82, 2.24) is 4.90 Å². The van der Waals surface area contributed by atoms with Crippen molar-refractivity contribution in [2.24, 2.45) is 0 Å². The molecule has 0 spiro atoms. The number of hydrogen-bond donors (Lipinski definition) is 1. The number of thiophene rings is 1. The minimum atomic E-state index is 0.104. The third-order valence-electron chi connectivity index (χ3n) is 2.80. The lowest BCUT2D eigenvalue weighted by molar-refractivity contribution is -0.129. The minimum Gasteiger partial charge on any atom is -0.399 e. The van der Waals surface area contributed by atoms with Crippen molar-refractivity contribution in [3.05, 3.63) is 50.6 Å². The normalized spacial score (nSPS) is 10.4. The first-order valence-corrected chi connectivity index (χ1v) is 7.53. The van der Waals surface area contributed by atoms with Gasteiger partial charge >= 0.3 is 0 Å². The Hall–Kier alpha value is -1.33. The van der Waals surface area contributed by atoms with Crippen LogP contribution >= 0.6 is 27.3 Å². The van der Waals surface area contributed by atoms with Gasteiger partial charge in [0.25, 0.3) is 0 Å². The molecule has 0 radical (unpaired) electrons.